The molecule has 0 unspecified atom stereocenters. The van der Waals surface area contributed by atoms with Crippen molar-refractivity contribution in [3.8, 4) is 0 Å². The van der Waals surface area contributed by atoms with Gasteiger partial charge in [0.25, 0.3) is 5.91 Å². The van der Waals surface area contributed by atoms with Crippen LogP contribution in [0.1, 0.15) is 16.1 Å². The van der Waals surface area contributed by atoms with Gasteiger partial charge in [0, 0.05) is 44.0 Å². The number of benzene rings is 1. The number of carbonyl (C=O) groups is 1. The molecule has 106 valence electrons. The Morgan fingerprint density at radius 2 is 1.85 bits per heavy atom. The first-order chi connectivity index (χ1) is 9.47. The molecule has 1 heterocycles. The standard InChI is InChI=1S/C15H18BrN3O/c1-18(2)13-6-4-11(5-7-13)10-19(3)15(20)14-8-12(16)9-17-14/h4-9,17H,10H2,1-3H3. The monoisotopic (exact) mass is 335 g/mol. The molecule has 0 saturated heterocycles. The number of halogens is 1. The second kappa shape index (κ2) is 6.13. The number of hydrogen-bond acceptors (Lipinski definition) is 2. The van der Waals surface area contributed by atoms with Gasteiger partial charge in [-0.3, -0.25) is 4.79 Å². The van der Waals surface area contributed by atoms with Crippen LogP contribution in [-0.2, 0) is 6.54 Å². The number of nitrogens with one attached hydrogen (secondary N) is 1. The molecule has 0 aliphatic rings. The molecule has 4 nitrogen and oxygen atoms in total. The fraction of sp³-hybridized carbons (Fsp3) is 0.267. The van der Waals surface area contributed by atoms with Gasteiger partial charge in [0.05, 0.1) is 0 Å². The average molecular weight is 336 g/mol. The molecule has 1 amide bonds. The molecule has 0 saturated carbocycles. The molecule has 2 rings (SSSR count). The Morgan fingerprint density at radius 3 is 2.35 bits per heavy atom. The maximum absolute atomic E-state index is 12.2. The molecule has 1 aromatic heterocycles. The maximum atomic E-state index is 12.2. The van der Waals surface area contributed by atoms with Crippen LogP contribution in [-0.4, -0.2) is 36.9 Å². The Labute approximate surface area is 127 Å². The highest BCUT2D eigenvalue weighted by atomic mass is 79.9. The summed E-state index contributed by atoms with van der Waals surface area (Å²) in [6, 6.07) is 9.99. The Hall–Kier alpha value is -1.75. The summed E-state index contributed by atoms with van der Waals surface area (Å²) in [6.45, 7) is 0.586. The predicted molar refractivity (Wildman–Crippen MR) is 85.1 cm³/mol. The number of H-pyrrole nitrogens is 1. The molecule has 0 aliphatic carbocycles. The van der Waals surface area contributed by atoms with E-state index in [1.807, 2.05) is 26.2 Å². The molecule has 5 heteroatoms. The summed E-state index contributed by atoms with van der Waals surface area (Å²) < 4.78 is 0.879. The van der Waals surface area contributed by atoms with Crippen molar-refractivity contribution in [3.63, 3.8) is 0 Å². The van der Waals surface area contributed by atoms with Crippen LogP contribution in [0.25, 0.3) is 0 Å². The van der Waals surface area contributed by atoms with E-state index in [1.165, 1.54) is 0 Å². The van der Waals surface area contributed by atoms with E-state index in [0.717, 1.165) is 15.7 Å². The fourth-order valence-corrected chi connectivity index (χ4v) is 2.29. The predicted octanol–water partition coefficient (Wildman–Crippen LogP) is 3.12. The lowest BCUT2D eigenvalue weighted by Gasteiger charge is -2.18. The molecule has 0 fully saturated rings. The lowest BCUT2D eigenvalue weighted by atomic mass is 10.2. The lowest BCUT2D eigenvalue weighted by molar-refractivity contribution is 0.0780. The lowest BCUT2D eigenvalue weighted by Crippen LogP contribution is -2.26. The van der Waals surface area contributed by atoms with E-state index < -0.39 is 0 Å². The van der Waals surface area contributed by atoms with E-state index in [1.54, 1.807) is 24.2 Å². The van der Waals surface area contributed by atoms with Crippen LogP contribution >= 0.6 is 15.9 Å². The topological polar surface area (TPSA) is 39.3 Å². The van der Waals surface area contributed by atoms with E-state index >= 15 is 0 Å². The quantitative estimate of drug-likeness (QED) is 0.932. The van der Waals surface area contributed by atoms with Crippen molar-refractivity contribution in [2.45, 2.75) is 6.54 Å². The van der Waals surface area contributed by atoms with E-state index in [9.17, 15) is 4.79 Å². The third kappa shape index (κ3) is 3.42. The summed E-state index contributed by atoms with van der Waals surface area (Å²) in [6.07, 6.45) is 1.76. The molecular formula is C15H18BrN3O. The Morgan fingerprint density at radius 1 is 1.20 bits per heavy atom. The van der Waals surface area contributed by atoms with Gasteiger partial charge in [0.2, 0.25) is 0 Å². The Kier molecular flexibility index (Phi) is 4.49. The number of hydrogen-bond donors (Lipinski definition) is 1. The Balaban J connectivity index is 2.03. The van der Waals surface area contributed by atoms with E-state index in [0.29, 0.717) is 12.2 Å². The highest BCUT2D eigenvalue weighted by Gasteiger charge is 2.13. The molecule has 20 heavy (non-hydrogen) atoms. The second-order valence-electron chi connectivity index (χ2n) is 4.95. The summed E-state index contributed by atoms with van der Waals surface area (Å²) in [7, 11) is 5.82. The molecule has 2 aromatic rings. The van der Waals surface area contributed by atoms with E-state index in [2.05, 4.69) is 37.9 Å². The molecule has 1 aromatic carbocycles. The summed E-state index contributed by atoms with van der Waals surface area (Å²) in [5.74, 6) is -0.0209. The van der Waals surface area contributed by atoms with Crippen molar-refractivity contribution in [2.24, 2.45) is 0 Å². The molecule has 0 atom stereocenters. The van der Waals surface area contributed by atoms with Gasteiger partial charge >= 0.3 is 0 Å². The molecule has 0 radical (unpaired) electrons. The molecule has 0 bridgehead atoms. The number of anilines is 1. The minimum absolute atomic E-state index is 0.0209. The zero-order valence-electron chi connectivity index (χ0n) is 11.9. The fourth-order valence-electron chi connectivity index (χ4n) is 1.94. The van der Waals surface area contributed by atoms with Gasteiger partial charge in [-0.25, -0.2) is 0 Å². The van der Waals surface area contributed by atoms with Crippen molar-refractivity contribution in [1.29, 1.82) is 0 Å². The summed E-state index contributed by atoms with van der Waals surface area (Å²) in [4.78, 5) is 18.9. The van der Waals surface area contributed by atoms with Crippen LogP contribution in [0.15, 0.2) is 41.0 Å². The minimum Gasteiger partial charge on any atom is -0.378 e. The average Bonchev–Trinajstić information content (AvgIpc) is 2.85. The van der Waals surface area contributed by atoms with Crippen molar-refractivity contribution in [1.82, 2.24) is 9.88 Å². The summed E-state index contributed by atoms with van der Waals surface area (Å²) >= 11 is 3.33. The van der Waals surface area contributed by atoms with Crippen molar-refractivity contribution < 1.29 is 4.79 Å². The third-order valence-corrected chi connectivity index (χ3v) is 3.56. The SMILES string of the molecule is CN(Cc1ccc(N(C)C)cc1)C(=O)c1cc(Br)c[nH]1. The van der Waals surface area contributed by atoms with Gasteiger partial charge in [0.1, 0.15) is 5.69 Å². The van der Waals surface area contributed by atoms with Gasteiger partial charge in [-0.05, 0) is 39.7 Å². The smallest absolute Gasteiger partial charge is 0.270 e. The number of carbonyl (C=O) groups excluding carboxylic acids is 1. The Bertz CT molecular complexity index is 589. The van der Waals surface area contributed by atoms with Gasteiger partial charge in [-0.15, -0.1) is 0 Å². The van der Waals surface area contributed by atoms with Crippen LogP contribution in [0.2, 0.25) is 0 Å². The van der Waals surface area contributed by atoms with Crippen LogP contribution in [0.4, 0.5) is 5.69 Å². The first-order valence-electron chi connectivity index (χ1n) is 6.33. The summed E-state index contributed by atoms with van der Waals surface area (Å²) in [5.41, 5.74) is 2.84. The highest BCUT2D eigenvalue weighted by Crippen LogP contribution is 2.15. The van der Waals surface area contributed by atoms with Crippen LogP contribution in [0, 0.1) is 0 Å². The van der Waals surface area contributed by atoms with Crippen LogP contribution in [0.5, 0.6) is 0 Å². The molecule has 0 spiro atoms. The van der Waals surface area contributed by atoms with Gasteiger partial charge in [-0.1, -0.05) is 12.1 Å². The largest absolute Gasteiger partial charge is 0.378 e. The number of amides is 1. The van der Waals surface area contributed by atoms with Crippen LogP contribution < -0.4 is 4.90 Å². The number of rotatable bonds is 4. The number of nitrogens with zero attached hydrogens (tertiary/aromatic N) is 2. The van der Waals surface area contributed by atoms with Crippen molar-refractivity contribution in [3.05, 3.63) is 52.3 Å². The van der Waals surface area contributed by atoms with E-state index in [4.69, 9.17) is 0 Å². The first-order valence-corrected chi connectivity index (χ1v) is 7.12. The molecule has 1 N–H and O–H groups in total. The number of aromatic nitrogens is 1. The number of aromatic amines is 1. The van der Waals surface area contributed by atoms with Gasteiger partial charge in [0.15, 0.2) is 0 Å². The van der Waals surface area contributed by atoms with Gasteiger partial charge in [-0.2, -0.15) is 0 Å². The zero-order valence-corrected chi connectivity index (χ0v) is 13.4. The maximum Gasteiger partial charge on any atom is 0.270 e. The van der Waals surface area contributed by atoms with Crippen molar-refractivity contribution >= 4 is 27.5 Å². The van der Waals surface area contributed by atoms with Gasteiger partial charge < -0.3 is 14.8 Å². The van der Waals surface area contributed by atoms with E-state index in [-0.39, 0.29) is 5.91 Å². The first kappa shape index (κ1) is 14.7. The third-order valence-electron chi connectivity index (χ3n) is 3.10. The highest BCUT2D eigenvalue weighted by molar-refractivity contribution is 9.10. The summed E-state index contributed by atoms with van der Waals surface area (Å²) in [5, 5.41) is 0. The normalized spacial score (nSPS) is 10.4. The second-order valence-corrected chi connectivity index (χ2v) is 5.87. The zero-order chi connectivity index (χ0) is 14.7. The van der Waals surface area contributed by atoms with Crippen LogP contribution in [0.3, 0.4) is 0 Å². The van der Waals surface area contributed by atoms with Crippen molar-refractivity contribution in [2.75, 3.05) is 26.0 Å². The minimum atomic E-state index is -0.0209. The molecular weight excluding hydrogens is 318 g/mol. The molecule has 0 aliphatic heterocycles.